The third-order valence-electron chi connectivity index (χ3n) is 4.57. The fraction of sp³-hybridized carbons (Fsp3) is 0.400. The third kappa shape index (κ3) is 4.72. The van der Waals surface area contributed by atoms with Crippen molar-refractivity contribution >= 4 is 11.8 Å². The summed E-state index contributed by atoms with van der Waals surface area (Å²) in [5.41, 5.74) is 3.77. The highest BCUT2D eigenvalue weighted by atomic mass is 16.3. The molecule has 1 aromatic carbocycles. The van der Waals surface area contributed by atoms with Crippen molar-refractivity contribution in [3.05, 3.63) is 59.0 Å². The molecule has 0 spiro atoms. The number of amides is 2. The number of benzene rings is 1. The molecule has 1 atom stereocenters. The maximum absolute atomic E-state index is 12.2. The summed E-state index contributed by atoms with van der Waals surface area (Å²) >= 11 is 0. The van der Waals surface area contributed by atoms with E-state index >= 15 is 0 Å². The molecule has 1 heterocycles. The molecule has 1 aliphatic rings. The third-order valence-corrected chi connectivity index (χ3v) is 4.57. The van der Waals surface area contributed by atoms with Gasteiger partial charge in [0.25, 0.3) is 0 Å². The Morgan fingerprint density at radius 1 is 1.16 bits per heavy atom. The van der Waals surface area contributed by atoms with Crippen LogP contribution in [0.3, 0.4) is 0 Å². The summed E-state index contributed by atoms with van der Waals surface area (Å²) in [5.74, 6) is 0.313. The summed E-state index contributed by atoms with van der Waals surface area (Å²) in [5, 5.41) is 5.50. The minimum Gasteiger partial charge on any atom is -0.467 e. The van der Waals surface area contributed by atoms with E-state index in [0.29, 0.717) is 18.7 Å². The summed E-state index contributed by atoms with van der Waals surface area (Å²) in [6, 6.07) is 9.27. The first-order chi connectivity index (χ1) is 12.1. The molecule has 5 heteroatoms. The summed E-state index contributed by atoms with van der Waals surface area (Å²) in [4.78, 5) is 24.3. The molecule has 1 aliphatic carbocycles. The molecule has 0 radical (unpaired) electrons. The second kappa shape index (κ2) is 8.01. The van der Waals surface area contributed by atoms with Gasteiger partial charge in [-0.05, 0) is 61.4 Å². The van der Waals surface area contributed by atoms with Gasteiger partial charge < -0.3 is 15.1 Å². The topological polar surface area (TPSA) is 71.3 Å². The average Bonchev–Trinajstić information content (AvgIpc) is 3.13. The van der Waals surface area contributed by atoms with Crippen molar-refractivity contribution in [3.8, 4) is 0 Å². The Kier molecular flexibility index (Phi) is 5.53. The monoisotopic (exact) mass is 340 g/mol. The van der Waals surface area contributed by atoms with Gasteiger partial charge in [-0.2, -0.15) is 0 Å². The quantitative estimate of drug-likeness (QED) is 0.849. The van der Waals surface area contributed by atoms with Crippen LogP contribution in [0.5, 0.6) is 0 Å². The lowest BCUT2D eigenvalue weighted by Crippen LogP contribution is -2.45. The maximum atomic E-state index is 12.2. The SMILES string of the molecule is C[C@H](NC(=O)Cc1ccc2c(c1)CCCC2)C(=O)NCc1ccco1. The van der Waals surface area contributed by atoms with Crippen LogP contribution in [-0.2, 0) is 35.4 Å². The second-order valence-electron chi connectivity index (χ2n) is 6.57. The van der Waals surface area contributed by atoms with Crippen LogP contribution in [0.2, 0.25) is 0 Å². The molecule has 2 N–H and O–H groups in total. The fourth-order valence-corrected chi connectivity index (χ4v) is 3.18. The number of hydrogen-bond donors (Lipinski definition) is 2. The first-order valence-corrected chi connectivity index (χ1v) is 8.82. The highest BCUT2D eigenvalue weighted by molar-refractivity contribution is 5.88. The van der Waals surface area contributed by atoms with Crippen LogP contribution in [0.4, 0.5) is 0 Å². The molecule has 1 aromatic heterocycles. The molecular formula is C20H24N2O3. The first-order valence-electron chi connectivity index (χ1n) is 8.82. The molecular weight excluding hydrogens is 316 g/mol. The Morgan fingerprint density at radius 3 is 2.72 bits per heavy atom. The number of fused-ring (bicyclic) bond motifs is 1. The zero-order valence-electron chi connectivity index (χ0n) is 14.5. The average molecular weight is 340 g/mol. The van der Waals surface area contributed by atoms with Gasteiger partial charge in [-0.3, -0.25) is 9.59 Å². The molecule has 2 aromatic rings. The van der Waals surface area contributed by atoms with Gasteiger partial charge in [0.15, 0.2) is 0 Å². The number of hydrogen-bond acceptors (Lipinski definition) is 3. The predicted molar refractivity (Wildman–Crippen MR) is 94.9 cm³/mol. The molecule has 132 valence electrons. The molecule has 0 aliphatic heterocycles. The molecule has 3 rings (SSSR count). The minimum absolute atomic E-state index is 0.142. The number of rotatable bonds is 6. The Labute approximate surface area is 147 Å². The van der Waals surface area contributed by atoms with Gasteiger partial charge in [0.2, 0.25) is 11.8 Å². The van der Waals surface area contributed by atoms with Crippen molar-refractivity contribution in [2.75, 3.05) is 0 Å². The number of nitrogens with one attached hydrogen (secondary N) is 2. The van der Waals surface area contributed by atoms with Gasteiger partial charge in [0.05, 0.1) is 19.2 Å². The summed E-state index contributed by atoms with van der Waals surface area (Å²) in [7, 11) is 0. The second-order valence-corrected chi connectivity index (χ2v) is 6.57. The van der Waals surface area contributed by atoms with Gasteiger partial charge in [-0.15, -0.1) is 0 Å². The van der Waals surface area contributed by atoms with Crippen LogP contribution in [0.15, 0.2) is 41.0 Å². The van der Waals surface area contributed by atoms with Crippen LogP contribution in [0, 0.1) is 0 Å². The van der Waals surface area contributed by atoms with Crippen molar-refractivity contribution in [1.29, 1.82) is 0 Å². The van der Waals surface area contributed by atoms with E-state index in [4.69, 9.17) is 4.42 Å². The maximum Gasteiger partial charge on any atom is 0.242 e. The molecule has 0 fully saturated rings. The smallest absolute Gasteiger partial charge is 0.242 e. The van der Waals surface area contributed by atoms with Crippen molar-refractivity contribution in [1.82, 2.24) is 10.6 Å². The van der Waals surface area contributed by atoms with E-state index in [0.717, 1.165) is 18.4 Å². The van der Waals surface area contributed by atoms with Crippen LogP contribution < -0.4 is 10.6 Å². The van der Waals surface area contributed by atoms with Crippen molar-refractivity contribution in [2.24, 2.45) is 0 Å². The van der Waals surface area contributed by atoms with Gasteiger partial charge in [0, 0.05) is 0 Å². The van der Waals surface area contributed by atoms with E-state index in [2.05, 4.69) is 22.8 Å². The number of carbonyl (C=O) groups excluding carboxylic acids is 2. The lowest BCUT2D eigenvalue weighted by atomic mass is 9.90. The molecule has 25 heavy (non-hydrogen) atoms. The molecule has 0 bridgehead atoms. The van der Waals surface area contributed by atoms with Crippen molar-refractivity contribution < 1.29 is 14.0 Å². The highest BCUT2D eigenvalue weighted by Crippen LogP contribution is 2.22. The molecule has 0 unspecified atom stereocenters. The lowest BCUT2D eigenvalue weighted by molar-refractivity contribution is -0.128. The largest absolute Gasteiger partial charge is 0.467 e. The zero-order valence-corrected chi connectivity index (χ0v) is 14.5. The number of furan rings is 1. The highest BCUT2D eigenvalue weighted by Gasteiger charge is 2.16. The molecule has 2 amide bonds. The van der Waals surface area contributed by atoms with Crippen LogP contribution in [-0.4, -0.2) is 17.9 Å². The normalized spacial score (nSPS) is 14.4. The van der Waals surface area contributed by atoms with Gasteiger partial charge in [0.1, 0.15) is 11.8 Å². The predicted octanol–water partition coefficient (Wildman–Crippen LogP) is 2.52. The Bertz CT molecular complexity index is 737. The van der Waals surface area contributed by atoms with E-state index in [1.54, 1.807) is 25.3 Å². The van der Waals surface area contributed by atoms with Crippen LogP contribution in [0.25, 0.3) is 0 Å². The van der Waals surface area contributed by atoms with E-state index in [1.807, 2.05) is 6.07 Å². The molecule has 5 nitrogen and oxygen atoms in total. The number of aryl methyl sites for hydroxylation is 2. The summed E-state index contributed by atoms with van der Waals surface area (Å²) in [6.45, 7) is 2.00. The molecule has 0 saturated carbocycles. The summed E-state index contributed by atoms with van der Waals surface area (Å²) in [6.07, 6.45) is 6.55. The van der Waals surface area contributed by atoms with E-state index in [-0.39, 0.29) is 11.8 Å². The summed E-state index contributed by atoms with van der Waals surface area (Å²) < 4.78 is 5.17. The van der Waals surface area contributed by atoms with Gasteiger partial charge >= 0.3 is 0 Å². The van der Waals surface area contributed by atoms with E-state index in [1.165, 1.54) is 24.0 Å². The first kappa shape index (κ1) is 17.3. The van der Waals surface area contributed by atoms with Gasteiger partial charge in [-0.25, -0.2) is 0 Å². The number of carbonyl (C=O) groups is 2. The Hall–Kier alpha value is -2.56. The van der Waals surface area contributed by atoms with E-state index < -0.39 is 6.04 Å². The standard InChI is InChI=1S/C20H24N2O3/c1-14(20(24)21-13-18-7-4-10-25-18)22-19(23)12-15-8-9-16-5-2-3-6-17(16)11-15/h4,7-11,14H,2-3,5-6,12-13H2,1H3,(H,21,24)(H,22,23)/t14-/m0/s1. The Morgan fingerprint density at radius 2 is 1.96 bits per heavy atom. The van der Waals surface area contributed by atoms with Crippen molar-refractivity contribution in [3.63, 3.8) is 0 Å². The van der Waals surface area contributed by atoms with Crippen LogP contribution in [0.1, 0.15) is 42.2 Å². The minimum atomic E-state index is -0.583. The lowest BCUT2D eigenvalue weighted by Gasteiger charge is -2.17. The fourth-order valence-electron chi connectivity index (χ4n) is 3.18. The van der Waals surface area contributed by atoms with E-state index in [9.17, 15) is 9.59 Å². The van der Waals surface area contributed by atoms with Crippen molar-refractivity contribution in [2.45, 2.75) is 51.6 Å². The zero-order chi connectivity index (χ0) is 17.6. The molecule has 0 saturated heterocycles. The van der Waals surface area contributed by atoms with Gasteiger partial charge in [-0.1, -0.05) is 18.2 Å². The Balaban J connectivity index is 1.48. The van der Waals surface area contributed by atoms with Crippen LogP contribution >= 0.6 is 0 Å².